The van der Waals surface area contributed by atoms with E-state index in [1.165, 1.54) is 0 Å². The summed E-state index contributed by atoms with van der Waals surface area (Å²) < 4.78 is 0.965. The van der Waals surface area contributed by atoms with E-state index in [1.54, 1.807) is 54.7 Å². The standard InChI is InChI=1S/C21H15BrN2O2/c22-17-12-10-15(11-13-17)14-23-24-21(26)19-9-5-4-8-18(19)20(25)16-6-2-1-3-7-16/h1-14H,(H,24,26). The van der Waals surface area contributed by atoms with Gasteiger partial charge in [0.05, 0.1) is 11.8 Å². The molecule has 0 unspecified atom stereocenters. The van der Waals surface area contributed by atoms with Crippen LogP contribution in [0.2, 0.25) is 0 Å². The Kier molecular flexibility index (Phi) is 5.71. The molecule has 0 aromatic heterocycles. The number of nitrogens with one attached hydrogen (secondary N) is 1. The molecule has 1 amide bonds. The summed E-state index contributed by atoms with van der Waals surface area (Å²) in [5.74, 6) is -0.633. The van der Waals surface area contributed by atoms with Crippen LogP contribution in [0.4, 0.5) is 0 Å². The molecule has 0 radical (unpaired) electrons. The minimum Gasteiger partial charge on any atom is -0.289 e. The molecule has 0 saturated carbocycles. The van der Waals surface area contributed by atoms with Gasteiger partial charge >= 0.3 is 0 Å². The first-order valence-corrected chi connectivity index (χ1v) is 8.72. The van der Waals surface area contributed by atoms with E-state index in [-0.39, 0.29) is 11.3 Å². The maximum Gasteiger partial charge on any atom is 0.272 e. The molecule has 0 aliphatic rings. The Bertz CT molecular complexity index is 951. The van der Waals surface area contributed by atoms with E-state index in [1.807, 2.05) is 30.3 Å². The van der Waals surface area contributed by atoms with Crippen molar-refractivity contribution in [1.82, 2.24) is 5.43 Å². The van der Waals surface area contributed by atoms with Crippen molar-refractivity contribution in [3.8, 4) is 0 Å². The monoisotopic (exact) mass is 406 g/mol. The van der Waals surface area contributed by atoms with Crippen molar-refractivity contribution in [1.29, 1.82) is 0 Å². The lowest BCUT2D eigenvalue weighted by Gasteiger charge is -2.07. The lowest BCUT2D eigenvalue weighted by Crippen LogP contribution is -2.21. The zero-order chi connectivity index (χ0) is 18.4. The summed E-state index contributed by atoms with van der Waals surface area (Å²) in [6, 6.07) is 23.1. The lowest BCUT2D eigenvalue weighted by molar-refractivity contribution is 0.0943. The molecular weight excluding hydrogens is 392 g/mol. The molecule has 0 heterocycles. The highest BCUT2D eigenvalue weighted by Gasteiger charge is 2.17. The van der Waals surface area contributed by atoms with E-state index >= 15 is 0 Å². The molecule has 0 saturated heterocycles. The molecule has 1 N–H and O–H groups in total. The van der Waals surface area contributed by atoms with Gasteiger partial charge in [0, 0.05) is 15.6 Å². The van der Waals surface area contributed by atoms with Crippen LogP contribution in [0.25, 0.3) is 0 Å². The highest BCUT2D eigenvalue weighted by molar-refractivity contribution is 9.10. The summed E-state index contributed by atoms with van der Waals surface area (Å²) in [7, 11) is 0. The van der Waals surface area contributed by atoms with E-state index in [9.17, 15) is 9.59 Å². The van der Waals surface area contributed by atoms with Crippen molar-refractivity contribution < 1.29 is 9.59 Å². The van der Waals surface area contributed by atoms with Gasteiger partial charge in [-0.25, -0.2) is 5.43 Å². The molecule has 5 heteroatoms. The summed E-state index contributed by atoms with van der Waals surface area (Å²) in [6.45, 7) is 0. The Morgan fingerprint density at radius 3 is 2.12 bits per heavy atom. The van der Waals surface area contributed by atoms with Crippen molar-refractivity contribution in [3.63, 3.8) is 0 Å². The number of nitrogens with zero attached hydrogens (tertiary/aromatic N) is 1. The number of ketones is 1. The lowest BCUT2D eigenvalue weighted by atomic mass is 9.98. The number of hydrazone groups is 1. The van der Waals surface area contributed by atoms with E-state index in [0.717, 1.165) is 10.0 Å². The summed E-state index contributed by atoms with van der Waals surface area (Å²) in [6.07, 6.45) is 1.55. The Labute approximate surface area is 159 Å². The SMILES string of the molecule is O=C(NN=Cc1ccc(Br)cc1)c1ccccc1C(=O)c1ccccc1. The third-order valence-corrected chi connectivity index (χ3v) is 4.23. The Morgan fingerprint density at radius 2 is 1.42 bits per heavy atom. The second-order valence-electron chi connectivity index (χ2n) is 5.49. The molecule has 0 bridgehead atoms. The predicted octanol–water partition coefficient (Wildman–Crippen LogP) is 4.44. The average molecular weight is 407 g/mol. The number of halogens is 1. The second-order valence-corrected chi connectivity index (χ2v) is 6.41. The van der Waals surface area contributed by atoms with Gasteiger partial charge in [0.25, 0.3) is 5.91 Å². The molecule has 0 fully saturated rings. The summed E-state index contributed by atoms with van der Waals surface area (Å²) >= 11 is 3.36. The van der Waals surface area contributed by atoms with Crippen LogP contribution in [0, 0.1) is 0 Å². The van der Waals surface area contributed by atoms with Crippen molar-refractivity contribution in [3.05, 3.63) is 106 Å². The fourth-order valence-electron chi connectivity index (χ4n) is 2.40. The third-order valence-electron chi connectivity index (χ3n) is 3.70. The van der Waals surface area contributed by atoms with Crippen molar-refractivity contribution in [2.75, 3.05) is 0 Å². The van der Waals surface area contributed by atoms with E-state index in [2.05, 4.69) is 26.5 Å². The number of rotatable bonds is 5. The average Bonchev–Trinajstić information content (AvgIpc) is 2.69. The number of amides is 1. The van der Waals surface area contributed by atoms with Gasteiger partial charge in [0.2, 0.25) is 0 Å². The molecule has 3 aromatic rings. The quantitative estimate of drug-likeness (QED) is 0.386. The normalized spacial score (nSPS) is 10.7. The largest absolute Gasteiger partial charge is 0.289 e. The number of hydrogen-bond donors (Lipinski definition) is 1. The van der Waals surface area contributed by atoms with Gasteiger partial charge in [-0.1, -0.05) is 76.6 Å². The number of carbonyl (C=O) groups excluding carboxylic acids is 2. The summed E-state index contributed by atoms with van der Waals surface area (Å²) in [4.78, 5) is 25.1. The van der Waals surface area contributed by atoms with Gasteiger partial charge < -0.3 is 0 Å². The molecule has 3 rings (SSSR count). The Morgan fingerprint density at radius 1 is 0.808 bits per heavy atom. The Balaban J connectivity index is 1.78. The minimum absolute atomic E-state index is 0.201. The molecule has 0 aliphatic heterocycles. The molecular formula is C21H15BrN2O2. The summed E-state index contributed by atoms with van der Waals surface area (Å²) in [5, 5.41) is 3.97. The molecule has 128 valence electrons. The first-order chi connectivity index (χ1) is 12.6. The first kappa shape index (κ1) is 17.8. The van der Waals surface area contributed by atoms with Crippen molar-refractivity contribution in [2.45, 2.75) is 0 Å². The third kappa shape index (κ3) is 4.32. The van der Waals surface area contributed by atoms with Crippen LogP contribution in [-0.2, 0) is 0 Å². The van der Waals surface area contributed by atoms with Gasteiger partial charge in [0.15, 0.2) is 5.78 Å². The maximum absolute atomic E-state index is 12.7. The van der Waals surface area contributed by atoms with E-state index in [4.69, 9.17) is 0 Å². The fraction of sp³-hybridized carbons (Fsp3) is 0. The molecule has 3 aromatic carbocycles. The summed E-state index contributed by atoms with van der Waals surface area (Å²) in [5.41, 5.74) is 4.49. The second kappa shape index (κ2) is 8.36. The van der Waals surface area contributed by atoms with E-state index in [0.29, 0.717) is 11.1 Å². The topological polar surface area (TPSA) is 58.5 Å². The van der Waals surface area contributed by atoms with Crippen LogP contribution in [0.15, 0.2) is 88.4 Å². The van der Waals surface area contributed by atoms with Crippen molar-refractivity contribution in [2.24, 2.45) is 5.10 Å². The minimum atomic E-state index is -0.432. The first-order valence-electron chi connectivity index (χ1n) is 7.93. The molecule has 26 heavy (non-hydrogen) atoms. The number of carbonyl (C=O) groups is 2. The molecule has 0 aliphatic carbocycles. The number of hydrogen-bond acceptors (Lipinski definition) is 3. The van der Waals surface area contributed by atoms with Crippen LogP contribution < -0.4 is 5.43 Å². The van der Waals surface area contributed by atoms with Crippen molar-refractivity contribution >= 4 is 33.8 Å². The fourth-order valence-corrected chi connectivity index (χ4v) is 2.66. The van der Waals surface area contributed by atoms with Gasteiger partial charge in [0.1, 0.15) is 0 Å². The van der Waals surface area contributed by atoms with Crippen LogP contribution in [0.5, 0.6) is 0 Å². The van der Waals surface area contributed by atoms with Gasteiger partial charge in [-0.3, -0.25) is 9.59 Å². The van der Waals surface area contributed by atoms with Crippen LogP contribution in [-0.4, -0.2) is 17.9 Å². The number of benzene rings is 3. The van der Waals surface area contributed by atoms with Gasteiger partial charge in [-0.05, 0) is 23.8 Å². The van der Waals surface area contributed by atoms with Crippen LogP contribution in [0.3, 0.4) is 0 Å². The smallest absolute Gasteiger partial charge is 0.272 e. The zero-order valence-corrected chi connectivity index (χ0v) is 15.3. The van der Waals surface area contributed by atoms with E-state index < -0.39 is 5.91 Å². The highest BCUT2D eigenvalue weighted by Crippen LogP contribution is 2.15. The van der Waals surface area contributed by atoms with Gasteiger partial charge in [-0.15, -0.1) is 0 Å². The molecule has 0 spiro atoms. The molecule has 4 nitrogen and oxygen atoms in total. The van der Waals surface area contributed by atoms with Gasteiger partial charge in [-0.2, -0.15) is 5.10 Å². The van der Waals surface area contributed by atoms with Crippen LogP contribution in [0.1, 0.15) is 31.8 Å². The molecule has 0 atom stereocenters. The van der Waals surface area contributed by atoms with Crippen LogP contribution >= 0.6 is 15.9 Å². The Hall–Kier alpha value is -3.05. The highest BCUT2D eigenvalue weighted by atomic mass is 79.9. The zero-order valence-electron chi connectivity index (χ0n) is 13.7. The maximum atomic E-state index is 12.7. The predicted molar refractivity (Wildman–Crippen MR) is 106 cm³/mol.